The summed E-state index contributed by atoms with van der Waals surface area (Å²) >= 11 is 11.9. The van der Waals surface area contributed by atoms with Gasteiger partial charge in [0.15, 0.2) is 0 Å². The monoisotopic (exact) mass is 482 g/mol. The Labute approximate surface area is 194 Å². The number of nitrogens with one attached hydrogen (secondary N) is 1. The minimum Gasteiger partial charge on any atom is -0.349 e. The number of halogens is 2. The van der Waals surface area contributed by atoms with E-state index in [1.54, 1.807) is 18.2 Å². The molecule has 1 heterocycles. The fraction of sp³-hybridized carbons (Fsp3) is 0.435. The Morgan fingerprint density at radius 2 is 1.68 bits per heavy atom. The lowest BCUT2D eigenvalue weighted by molar-refractivity contribution is -0.126. The van der Waals surface area contributed by atoms with Crippen LogP contribution in [0.25, 0.3) is 0 Å². The number of carbonyl (C=O) groups is 1. The summed E-state index contributed by atoms with van der Waals surface area (Å²) in [5.41, 5.74) is 2.92. The standard InChI is InChI=1S/C23H28Cl2N2O3S/c1-3-17-4-7-19(8-5-17)16(2)26-23(28)20-10-12-27(13-11-20)31(29,30)15-18-6-9-21(24)22(25)14-18/h4-9,14,16,20H,3,10-13,15H2,1-2H3,(H,26,28)/t16-/m0/s1. The van der Waals surface area contributed by atoms with Crippen LogP contribution in [0.2, 0.25) is 10.0 Å². The average molecular weight is 483 g/mol. The molecule has 2 aromatic rings. The van der Waals surface area contributed by atoms with Crippen molar-refractivity contribution in [3.05, 3.63) is 69.2 Å². The Morgan fingerprint density at radius 1 is 1.06 bits per heavy atom. The molecule has 1 atom stereocenters. The number of carbonyl (C=O) groups excluding carboxylic acids is 1. The van der Waals surface area contributed by atoms with Gasteiger partial charge in [-0.25, -0.2) is 12.7 Å². The van der Waals surface area contributed by atoms with Gasteiger partial charge in [-0.2, -0.15) is 0 Å². The molecular formula is C23H28Cl2N2O3S. The summed E-state index contributed by atoms with van der Waals surface area (Å²) < 4.78 is 27.0. The Bertz CT molecular complexity index is 1020. The predicted molar refractivity (Wildman–Crippen MR) is 126 cm³/mol. The molecule has 0 saturated carbocycles. The highest BCUT2D eigenvalue weighted by Crippen LogP contribution is 2.26. The van der Waals surface area contributed by atoms with Gasteiger partial charge in [-0.05, 0) is 55.0 Å². The maximum Gasteiger partial charge on any atom is 0.223 e. The predicted octanol–water partition coefficient (Wildman–Crippen LogP) is 4.98. The largest absolute Gasteiger partial charge is 0.349 e. The second-order valence-electron chi connectivity index (χ2n) is 8.00. The second-order valence-corrected chi connectivity index (χ2v) is 10.8. The second kappa shape index (κ2) is 10.3. The number of hydrogen-bond acceptors (Lipinski definition) is 3. The van der Waals surface area contributed by atoms with Gasteiger partial charge in [0.2, 0.25) is 15.9 Å². The molecule has 0 aliphatic carbocycles. The van der Waals surface area contributed by atoms with Crippen LogP contribution in [0, 0.1) is 5.92 Å². The van der Waals surface area contributed by atoms with E-state index in [-0.39, 0.29) is 23.6 Å². The molecule has 1 amide bonds. The number of sulfonamides is 1. The summed E-state index contributed by atoms with van der Waals surface area (Å²) in [5, 5.41) is 3.80. The van der Waals surface area contributed by atoms with Gasteiger partial charge in [0.1, 0.15) is 0 Å². The Balaban J connectivity index is 1.53. The first-order valence-electron chi connectivity index (χ1n) is 10.5. The first-order chi connectivity index (χ1) is 14.7. The van der Waals surface area contributed by atoms with Crippen molar-refractivity contribution < 1.29 is 13.2 Å². The van der Waals surface area contributed by atoms with E-state index in [0.29, 0.717) is 41.5 Å². The van der Waals surface area contributed by atoms with Gasteiger partial charge in [-0.1, -0.05) is 60.5 Å². The Kier molecular flexibility index (Phi) is 8.03. The molecule has 0 bridgehead atoms. The topological polar surface area (TPSA) is 66.5 Å². The van der Waals surface area contributed by atoms with E-state index in [4.69, 9.17) is 23.2 Å². The minimum atomic E-state index is -3.49. The molecule has 168 valence electrons. The fourth-order valence-electron chi connectivity index (χ4n) is 3.78. The number of benzene rings is 2. The van der Waals surface area contributed by atoms with E-state index >= 15 is 0 Å². The zero-order chi connectivity index (χ0) is 22.6. The summed E-state index contributed by atoms with van der Waals surface area (Å²) in [4.78, 5) is 12.7. The highest BCUT2D eigenvalue weighted by molar-refractivity contribution is 7.88. The average Bonchev–Trinajstić information content (AvgIpc) is 2.76. The van der Waals surface area contributed by atoms with Crippen molar-refractivity contribution in [2.24, 2.45) is 5.92 Å². The highest BCUT2D eigenvalue weighted by Gasteiger charge is 2.31. The first kappa shape index (κ1) is 24.1. The zero-order valence-corrected chi connectivity index (χ0v) is 20.1. The van der Waals surface area contributed by atoms with E-state index < -0.39 is 10.0 Å². The summed E-state index contributed by atoms with van der Waals surface area (Å²) in [5.74, 6) is -0.340. The maximum absolute atomic E-state index is 12.8. The third kappa shape index (κ3) is 6.22. The smallest absolute Gasteiger partial charge is 0.223 e. The number of aryl methyl sites for hydroxylation is 1. The quantitative estimate of drug-likeness (QED) is 0.605. The van der Waals surface area contributed by atoms with Crippen molar-refractivity contribution in [3.8, 4) is 0 Å². The van der Waals surface area contributed by atoms with E-state index in [0.717, 1.165) is 12.0 Å². The van der Waals surface area contributed by atoms with Crippen LogP contribution in [0.4, 0.5) is 0 Å². The van der Waals surface area contributed by atoms with E-state index in [1.165, 1.54) is 9.87 Å². The lowest BCUT2D eigenvalue weighted by Crippen LogP contribution is -2.43. The zero-order valence-electron chi connectivity index (χ0n) is 17.8. The summed E-state index contributed by atoms with van der Waals surface area (Å²) in [6.07, 6.45) is 2.00. The van der Waals surface area contributed by atoms with Crippen molar-refractivity contribution in [1.29, 1.82) is 0 Å². The maximum atomic E-state index is 12.8. The van der Waals surface area contributed by atoms with Crippen LogP contribution in [0.1, 0.15) is 49.4 Å². The van der Waals surface area contributed by atoms with Gasteiger partial charge in [0.05, 0.1) is 21.8 Å². The van der Waals surface area contributed by atoms with Crippen LogP contribution in [-0.4, -0.2) is 31.7 Å². The lowest BCUT2D eigenvalue weighted by Gasteiger charge is -2.31. The molecule has 8 heteroatoms. The van der Waals surface area contributed by atoms with E-state index in [2.05, 4.69) is 24.4 Å². The SMILES string of the molecule is CCc1ccc([C@H](C)NC(=O)C2CCN(S(=O)(=O)Cc3ccc(Cl)c(Cl)c3)CC2)cc1. The van der Waals surface area contributed by atoms with Crippen molar-refractivity contribution >= 4 is 39.1 Å². The summed E-state index contributed by atoms with van der Waals surface area (Å²) in [6.45, 7) is 4.75. The Morgan fingerprint density at radius 3 is 2.26 bits per heavy atom. The summed E-state index contributed by atoms with van der Waals surface area (Å²) in [7, 11) is -3.49. The molecule has 1 fully saturated rings. The lowest BCUT2D eigenvalue weighted by atomic mass is 9.96. The first-order valence-corrected chi connectivity index (χ1v) is 12.9. The normalized spacial score (nSPS) is 16.8. The van der Waals surface area contributed by atoms with Crippen LogP contribution < -0.4 is 5.32 Å². The van der Waals surface area contributed by atoms with Gasteiger partial charge in [0.25, 0.3) is 0 Å². The molecule has 0 radical (unpaired) electrons. The molecule has 1 N–H and O–H groups in total. The molecule has 1 aliphatic rings. The molecule has 0 unspecified atom stereocenters. The molecule has 3 rings (SSSR count). The van der Waals surface area contributed by atoms with Crippen molar-refractivity contribution in [2.45, 2.75) is 44.9 Å². The van der Waals surface area contributed by atoms with Crippen LogP contribution in [0.3, 0.4) is 0 Å². The minimum absolute atomic E-state index is 0.0198. The number of hydrogen-bond donors (Lipinski definition) is 1. The van der Waals surface area contributed by atoms with Gasteiger partial charge in [0, 0.05) is 19.0 Å². The van der Waals surface area contributed by atoms with E-state index in [1.807, 2.05) is 19.1 Å². The third-order valence-electron chi connectivity index (χ3n) is 5.80. The molecule has 31 heavy (non-hydrogen) atoms. The van der Waals surface area contributed by atoms with Crippen molar-refractivity contribution in [3.63, 3.8) is 0 Å². The van der Waals surface area contributed by atoms with Gasteiger partial charge < -0.3 is 5.32 Å². The molecule has 1 aliphatic heterocycles. The number of rotatable bonds is 7. The summed E-state index contributed by atoms with van der Waals surface area (Å²) in [6, 6.07) is 13.0. The number of amides is 1. The number of piperidine rings is 1. The van der Waals surface area contributed by atoms with Crippen LogP contribution in [0.15, 0.2) is 42.5 Å². The molecule has 1 saturated heterocycles. The van der Waals surface area contributed by atoms with Gasteiger partial charge in [-0.3, -0.25) is 4.79 Å². The number of nitrogens with zero attached hydrogens (tertiary/aromatic N) is 1. The van der Waals surface area contributed by atoms with Gasteiger partial charge in [-0.15, -0.1) is 0 Å². The Hall–Kier alpha value is -1.60. The third-order valence-corrected chi connectivity index (χ3v) is 8.39. The van der Waals surface area contributed by atoms with Crippen LogP contribution in [-0.2, 0) is 27.0 Å². The highest BCUT2D eigenvalue weighted by atomic mass is 35.5. The fourth-order valence-corrected chi connectivity index (χ4v) is 5.66. The van der Waals surface area contributed by atoms with Gasteiger partial charge >= 0.3 is 0 Å². The molecule has 0 aromatic heterocycles. The molecule has 5 nitrogen and oxygen atoms in total. The van der Waals surface area contributed by atoms with Crippen LogP contribution >= 0.6 is 23.2 Å². The molecule has 0 spiro atoms. The molecular weight excluding hydrogens is 455 g/mol. The van der Waals surface area contributed by atoms with Crippen molar-refractivity contribution in [1.82, 2.24) is 9.62 Å². The van der Waals surface area contributed by atoms with Crippen LogP contribution in [0.5, 0.6) is 0 Å². The molecule has 2 aromatic carbocycles. The van der Waals surface area contributed by atoms with E-state index in [9.17, 15) is 13.2 Å². The van der Waals surface area contributed by atoms with Crippen molar-refractivity contribution in [2.75, 3.05) is 13.1 Å².